The van der Waals surface area contributed by atoms with Crippen LogP contribution in [-0.2, 0) is 9.59 Å². The highest BCUT2D eigenvalue weighted by Gasteiger charge is 2.84. The second-order valence-electron chi connectivity index (χ2n) is 5.82. The smallest absolute Gasteiger partial charge is 0.295 e. The lowest BCUT2D eigenvalue weighted by Crippen LogP contribution is -2.67. The predicted octanol–water partition coefficient (Wildman–Crippen LogP) is 4.73. The highest BCUT2D eigenvalue weighted by atomic mass is 32.2. The second-order valence-corrected chi connectivity index (χ2v) is 10.8. The van der Waals surface area contributed by atoms with Gasteiger partial charge in [0.2, 0.25) is 10.3 Å². The molecule has 0 saturated carbocycles. The first-order chi connectivity index (χ1) is 15.6. The van der Waals surface area contributed by atoms with E-state index in [0.717, 1.165) is 34.2 Å². The normalized spacial score (nSPS) is 13.1. The van der Waals surface area contributed by atoms with Crippen LogP contribution in [0.4, 0.5) is 45.4 Å². The third kappa shape index (κ3) is 5.38. The van der Waals surface area contributed by atoms with Gasteiger partial charge in [0.25, 0.3) is 0 Å². The standard InChI is InChI=1S/C14H12F8N6O2S4/c1-3-31-9-27-25-7(33-9)23-5(29)11(15,16)13(19,20)14(21,22)12(17,18)6(30)24-8-26-28-10(34-8)32-4-2/h3-4H2,1-2H3,(H,23,25,29)(H,24,26,30). The van der Waals surface area contributed by atoms with E-state index in [1.807, 2.05) is 0 Å². The number of anilines is 2. The molecule has 0 aliphatic rings. The van der Waals surface area contributed by atoms with E-state index < -0.39 is 45.8 Å². The van der Waals surface area contributed by atoms with Crippen LogP contribution in [0.1, 0.15) is 13.8 Å². The SMILES string of the molecule is CCSc1nnc(NC(=O)C(F)(F)C(F)(F)C(F)(F)C(F)(F)C(=O)Nc2nnc(SCC)s2)s1. The molecule has 0 atom stereocenters. The number of aromatic nitrogens is 4. The van der Waals surface area contributed by atoms with Crippen LogP contribution in [-0.4, -0.2) is 67.4 Å². The molecule has 2 aromatic heterocycles. The zero-order valence-electron chi connectivity index (χ0n) is 16.7. The molecule has 2 amide bonds. The molecule has 190 valence electrons. The highest BCUT2D eigenvalue weighted by Crippen LogP contribution is 2.53. The third-order valence-corrected chi connectivity index (χ3v) is 7.25. The summed E-state index contributed by atoms with van der Waals surface area (Å²) in [6, 6.07) is 0. The Morgan fingerprint density at radius 3 is 1.32 bits per heavy atom. The molecule has 0 aromatic carbocycles. The largest absolute Gasteiger partial charge is 0.393 e. The minimum Gasteiger partial charge on any atom is -0.295 e. The van der Waals surface area contributed by atoms with Gasteiger partial charge in [-0.1, -0.05) is 60.0 Å². The van der Waals surface area contributed by atoms with E-state index >= 15 is 0 Å². The summed E-state index contributed by atoms with van der Waals surface area (Å²) in [5.41, 5.74) is 0. The van der Waals surface area contributed by atoms with E-state index in [0.29, 0.717) is 34.2 Å². The lowest BCUT2D eigenvalue weighted by molar-refractivity contribution is -0.345. The van der Waals surface area contributed by atoms with Crippen LogP contribution in [0.15, 0.2) is 8.68 Å². The summed E-state index contributed by atoms with van der Waals surface area (Å²) >= 11 is 2.98. The fraction of sp³-hybridized carbons (Fsp3) is 0.571. The van der Waals surface area contributed by atoms with Crippen LogP contribution in [0.25, 0.3) is 0 Å². The first-order valence-corrected chi connectivity index (χ1v) is 12.3. The molecule has 0 aliphatic carbocycles. The minimum atomic E-state index is -7.01. The quantitative estimate of drug-likeness (QED) is 0.225. The molecule has 0 radical (unpaired) electrons. The zero-order chi connectivity index (χ0) is 25.9. The molecule has 0 saturated heterocycles. The molecule has 0 spiro atoms. The van der Waals surface area contributed by atoms with Crippen molar-refractivity contribution in [3.8, 4) is 0 Å². The van der Waals surface area contributed by atoms with E-state index in [2.05, 4.69) is 20.4 Å². The Morgan fingerprint density at radius 1 is 0.706 bits per heavy atom. The van der Waals surface area contributed by atoms with E-state index in [1.165, 1.54) is 0 Å². The van der Waals surface area contributed by atoms with E-state index in [-0.39, 0.29) is 8.68 Å². The van der Waals surface area contributed by atoms with Crippen molar-refractivity contribution in [2.75, 3.05) is 22.1 Å². The summed E-state index contributed by atoms with van der Waals surface area (Å²) in [6.45, 7) is 3.34. The zero-order valence-corrected chi connectivity index (χ0v) is 19.9. The summed E-state index contributed by atoms with van der Waals surface area (Å²) < 4.78 is 113. The van der Waals surface area contributed by atoms with Crippen molar-refractivity contribution in [3.63, 3.8) is 0 Å². The van der Waals surface area contributed by atoms with Gasteiger partial charge in [0.05, 0.1) is 0 Å². The van der Waals surface area contributed by atoms with Crippen molar-refractivity contribution in [2.45, 2.75) is 46.2 Å². The number of carbonyl (C=O) groups is 2. The van der Waals surface area contributed by atoms with E-state index in [9.17, 15) is 44.7 Å². The molecule has 2 heterocycles. The summed E-state index contributed by atoms with van der Waals surface area (Å²) in [6.07, 6.45) is 0. The number of thioether (sulfide) groups is 2. The molecule has 0 unspecified atom stereocenters. The highest BCUT2D eigenvalue weighted by molar-refractivity contribution is 8.01. The second kappa shape index (κ2) is 10.4. The first-order valence-electron chi connectivity index (χ1n) is 8.68. The van der Waals surface area contributed by atoms with E-state index in [1.54, 1.807) is 13.8 Å². The van der Waals surface area contributed by atoms with Gasteiger partial charge in [-0.3, -0.25) is 20.2 Å². The van der Waals surface area contributed by atoms with Crippen LogP contribution in [0.5, 0.6) is 0 Å². The number of rotatable bonds is 11. The molecule has 0 bridgehead atoms. The number of alkyl halides is 8. The van der Waals surface area contributed by atoms with Gasteiger partial charge in [-0.15, -0.1) is 20.4 Å². The Labute approximate surface area is 201 Å². The van der Waals surface area contributed by atoms with Gasteiger partial charge in [0, 0.05) is 0 Å². The molecular formula is C14H12F8N6O2S4. The molecule has 0 fully saturated rings. The number of nitrogens with one attached hydrogen (secondary N) is 2. The Hall–Kier alpha value is -1.80. The number of hydrogen-bond acceptors (Lipinski definition) is 10. The molecule has 2 N–H and O–H groups in total. The van der Waals surface area contributed by atoms with Crippen molar-refractivity contribution in [1.29, 1.82) is 0 Å². The fourth-order valence-corrected chi connectivity index (χ4v) is 5.20. The Kier molecular flexibility index (Phi) is 8.73. The van der Waals surface area contributed by atoms with Crippen LogP contribution >= 0.6 is 46.2 Å². The van der Waals surface area contributed by atoms with Crippen molar-refractivity contribution in [2.24, 2.45) is 0 Å². The van der Waals surface area contributed by atoms with Crippen LogP contribution in [0.2, 0.25) is 0 Å². The lowest BCUT2D eigenvalue weighted by atomic mass is 9.97. The molecule has 2 rings (SSSR count). The first kappa shape index (κ1) is 28.4. The maximum absolute atomic E-state index is 14.1. The van der Waals surface area contributed by atoms with Gasteiger partial charge >= 0.3 is 35.5 Å². The average molecular weight is 577 g/mol. The number of nitrogens with zero attached hydrogens (tertiary/aromatic N) is 4. The van der Waals surface area contributed by atoms with Crippen LogP contribution < -0.4 is 10.6 Å². The van der Waals surface area contributed by atoms with Gasteiger partial charge in [-0.25, -0.2) is 0 Å². The Bertz CT molecular complexity index is 953. The molecule has 20 heteroatoms. The lowest BCUT2D eigenvalue weighted by Gasteiger charge is -2.34. The van der Waals surface area contributed by atoms with Crippen molar-refractivity contribution in [1.82, 2.24) is 20.4 Å². The maximum Gasteiger partial charge on any atom is 0.393 e. The van der Waals surface area contributed by atoms with Crippen LogP contribution in [0, 0.1) is 0 Å². The summed E-state index contributed by atoms with van der Waals surface area (Å²) in [7, 11) is 0. The van der Waals surface area contributed by atoms with Gasteiger partial charge in [0.15, 0.2) is 8.68 Å². The summed E-state index contributed by atoms with van der Waals surface area (Å²) in [5, 5.41) is 14.0. The average Bonchev–Trinajstić information content (AvgIpc) is 3.37. The van der Waals surface area contributed by atoms with E-state index in [4.69, 9.17) is 0 Å². The number of carbonyl (C=O) groups excluding carboxylic acids is 2. The molecule has 2 aromatic rings. The van der Waals surface area contributed by atoms with Crippen LogP contribution in [0.3, 0.4) is 0 Å². The molecule has 34 heavy (non-hydrogen) atoms. The van der Waals surface area contributed by atoms with Crippen molar-refractivity contribution in [3.05, 3.63) is 0 Å². The van der Waals surface area contributed by atoms with Crippen molar-refractivity contribution >= 4 is 68.3 Å². The number of amides is 2. The molecular weight excluding hydrogens is 564 g/mol. The van der Waals surface area contributed by atoms with Gasteiger partial charge in [0.1, 0.15) is 0 Å². The van der Waals surface area contributed by atoms with Gasteiger partial charge in [-0.05, 0) is 11.5 Å². The maximum atomic E-state index is 14.1. The third-order valence-electron chi connectivity index (χ3n) is 3.54. The molecule has 0 aliphatic heterocycles. The fourth-order valence-electron chi connectivity index (χ4n) is 1.91. The number of halogens is 8. The summed E-state index contributed by atoms with van der Waals surface area (Å²) in [4.78, 5) is 23.3. The Balaban J connectivity index is 2.24. The van der Waals surface area contributed by atoms with Gasteiger partial charge in [-0.2, -0.15) is 35.1 Å². The number of hydrogen-bond donors (Lipinski definition) is 2. The van der Waals surface area contributed by atoms with Gasteiger partial charge < -0.3 is 0 Å². The van der Waals surface area contributed by atoms with Crippen molar-refractivity contribution < 1.29 is 44.7 Å². The monoisotopic (exact) mass is 576 g/mol. The molecule has 8 nitrogen and oxygen atoms in total. The minimum absolute atomic E-state index is 0.124. The predicted molar refractivity (Wildman–Crippen MR) is 110 cm³/mol. The summed E-state index contributed by atoms with van der Waals surface area (Å²) in [5.74, 6) is -32.0. The topological polar surface area (TPSA) is 110 Å². The Morgan fingerprint density at radius 2 is 1.03 bits per heavy atom.